The highest BCUT2D eigenvalue weighted by Gasteiger charge is 2.28. The van der Waals surface area contributed by atoms with E-state index in [2.05, 4.69) is 31.9 Å². The average Bonchev–Trinajstić information content (AvgIpc) is 3.44. The molecule has 1 aliphatic heterocycles. The number of hydrogen-bond donors (Lipinski definition) is 1. The third-order valence-corrected chi connectivity index (χ3v) is 7.28. The summed E-state index contributed by atoms with van der Waals surface area (Å²) in [4.78, 5) is 33.5. The number of ether oxygens (including phenoxy) is 1. The molecule has 1 amide bonds. The Morgan fingerprint density at radius 2 is 2.05 bits per heavy atom. The molecule has 0 spiro atoms. The van der Waals surface area contributed by atoms with E-state index in [0.29, 0.717) is 70.0 Å². The number of hydrogen-bond acceptors (Lipinski definition) is 9. The Kier molecular flexibility index (Phi) is 6.83. The van der Waals surface area contributed by atoms with E-state index in [1.165, 1.54) is 18.7 Å². The van der Waals surface area contributed by atoms with Crippen molar-refractivity contribution in [2.75, 3.05) is 29.9 Å². The zero-order valence-electron chi connectivity index (χ0n) is 22.3. The van der Waals surface area contributed by atoms with Crippen LogP contribution in [0.25, 0.3) is 16.7 Å². The lowest BCUT2D eigenvalue weighted by molar-refractivity contribution is -0.128. The first-order chi connectivity index (χ1) is 19.8. The molecule has 1 N–H and O–H groups in total. The minimum absolute atomic E-state index is 0.0662. The molecular weight excluding hydrogens is 549 g/mol. The molecule has 1 saturated heterocycles. The van der Waals surface area contributed by atoms with Crippen molar-refractivity contribution in [1.82, 2.24) is 34.4 Å². The molecule has 0 unspecified atom stereocenters. The SMILES string of the molecule is C=CC(=O)N1CCN(c2nc3c(Nc4ccc(Oc5ccn6ncnc6c5)c(C)c4F)ncnc3cc2Cl)C[C@@H]1C. The van der Waals surface area contributed by atoms with Gasteiger partial charge in [0.15, 0.2) is 17.3 Å². The third-order valence-electron chi connectivity index (χ3n) is 7.00. The number of aromatic nitrogens is 6. The molecule has 6 rings (SSSR count). The number of nitrogens with zero attached hydrogens (tertiary/aromatic N) is 8. The third kappa shape index (κ3) is 4.97. The van der Waals surface area contributed by atoms with E-state index in [1.54, 1.807) is 52.9 Å². The number of fused-ring (bicyclic) bond motifs is 2. The van der Waals surface area contributed by atoms with E-state index < -0.39 is 5.82 Å². The number of anilines is 3. The van der Waals surface area contributed by atoms with Crippen molar-refractivity contribution in [2.24, 2.45) is 0 Å². The van der Waals surface area contributed by atoms with E-state index in [1.807, 2.05) is 11.8 Å². The van der Waals surface area contributed by atoms with Gasteiger partial charge in [0.1, 0.15) is 35.5 Å². The molecule has 0 bridgehead atoms. The summed E-state index contributed by atoms with van der Waals surface area (Å²) in [5.41, 5.74) is 2.07. The van der Waals surface area contributed by atoms with Crippen molar-refractivity contribution >= 4 is 51.5 Å². The number of carbonyl (C=O) groups excluding carboxylic acids is 1. The van der Waals surface area contributed by atoms with E-state index in [9.17, 15) is 4.79 Å². The normalized spacial score (nSPS) is 15.4. The number of nitrogens with one attached hydrogen (secondary N) is 1. The quantitative estimate of drug-likeness (QED) is 0.282. The van der Waals surface area contributed by atoms with E-state index in [4.69, 9.17) is 21.3 Å². The summed E-state index contributed by atoms with van der Waals surface area (Å²) in [6.45, 7) is 8.76. The summed E-state index contributed by atoms with van der Waals surface area (Å²) >= 11 is 6.61. The zero-order valence-corrected chi connectivity index (χ0v) is 23.0. The van der Waals surface area contributed by atoms with E-state index in [-0.39, 0.29) is 17.6 Å². The molecule has 4 aromatic heterocycles. The number of benzene rings is 1. The lowest BCUT2D eigenvalue weighted by atomic mass is 10.1. The maximum absolute atomic E-state index is 15.6. The largest absolute Gasteiger partial charge is 0.457 e. The summed E-state index contributed by atoms with van der Waals surface area (Å²) in [5, 5.41) is 7.55. The molecule has 13 heteroatoms. The van der Waals surface area contributed by atoms with Gasteiger partial charge in [0.25, 0.3) is 0 Å². The van der Waals surface area contributed by atoms with E-state index in [0.717, 1.165) is 0 Å². The van der Waals surface area contributed by atoms with Crippen molar-refractivity contribution in [1.29, 1.82) is 0 Å². The molecule has 208 valence electrons. The molecule has 1 aliphatic rings. The Labute approximate surface area is 239 Å². The van der Waals surface area contributed by atoms with Crippen LogP contribution in [0.2, 0.25) is 5.02 Å². The Balaban J connectivity index is 1.27. The van der Waals surface area contributed by atoms with Crippen LogP contribution >= 0.6 is 11.6 Å². The lowest BCUT2D eigenvalue weighted by Gasteiger charge is -2.40. The predicted molar refractivity (Wildman–Crippen MR) is 153 cm³/mol. The van der Waals surface area contributed by atoms with Crippen LogP contribution in [0, 0.1) is 12.7 Å². The van der Waals surface area contributed by atoms with Crippen LogP contribution in [0.5, 0.6) is 11.5 Å². The Morgan fingerprint density at radius 1 is 1.20 bits per heavy atom. The average molecular weight is 574 g/mol. The van der Waals surface area contributed by atoms with Gasteiger partial charge in [-0.05, 0) is 44.2 Å². The number of carbonyl (C=O) groups is 1. The fourth-order valence-electron chi connectivity index (χ4n) is 4.85. The monoisotopic (exact) mass is 573 g/mol. The van der Waals surface area contributed by atoms with Crippen molar-refractivity contribution in [3.63, 3.8) is 0 Å². The minimum Gasteiger partial charge on any atom is -0.457 e. The maximum atomic E-state index is 15.6. The van der Waals surface area contributed by atoms with Gasteiger partial charge in [0.05, 0.1) is 16.2 Å². The highest BCUT2D eigenvalue weighted by atomic mass is 35.5. The van der Waals surface area contributed by atoms with Crippen molar-refractivity contribution in [3.8, 4) is 11.5 Å². The van der Waals surface area contributed by atoms with Gasteiger partial charge in [-0.2, -0.15) is 5.10 Å². The first-order valence-electron chi connectivity index (χ1n) is 12.8. The Morgan fingerprint density at radius 3 is 2.85 bits per heavy atom. The van der Waals surface area contributed by atoms with Gasteiger partial charge in [-0.3, -0.25) is 4.79 Å². The number of rotatable bonds is 6. The van der Waals surface area contributed by atoms with E-state index >= 15 is 4.39 Å². The van der Waals surface area contributed by atoms with Crippen molar-refractivity contribution in [3.05, 3.63) is 78.2 Å². The van der Waals surface area contributed by atoms with Crippen LogP contribution in [0.1, 0.15) is 12.5 Å². The molecule has 0 aliphatic carbocycles. The molecule has 1 atom stereocenters. The lowest BCUT2D eigenvalue weighted by Crippen LogP contribution is -2.54. The van der Waals surface area contributed by atoms with Crippen LogP contribution < -0.4 is 15.0 Å². The molecule has 5 aromatic rings. The molecular formula is C28H25ClFN9O2. The maximum Gasteiger partial charge on any atom is 0.246 e. The smallest absolute Gasteiger partial charge is 0.246 e. The zero-order chi connectivity index (χ0) is 28.7. The molecule has 11 nitrogen and oxygen atoms in total. The molecule has 41 heavy (non-hydrogen) atoms. The summed E-state index contributed by atoms with van der Waals surface area (Å²) in [6, 6.07) is 8.35. The van der Waals surface area contributed by atoms with Gasteiger partial charge < -0.3 is 19.9 Å². The topological polar surface area (TPSA) is 114 Å². The highest BCUT2D eigenvalue weighted by molar-refractivity contribution is 6.33. The van der Waals surface area contributed by atoms with Crippen molar-refractivity contribution < 1.29 is 13.9 Å². The van der Waals surface area contributed by atoms with Crippen LogP contribution in [0.3, 0.4) is 0 Å². The first-order valence-corrected chi connectivity index (χ1v) is 13.2. The summed E-state index contributed by atoms with van der Waals surface area (Å²) in [7, 11) is 0. The van der Waals surface area contributed by atoms with Gasteiger partial charge in [-0.25, -0.2) is 28.8 Å². The molecule has 0 saturated carbocycles. The fourth-order valence-corrected chi connectivity index (χ4v) is 5.11. The number of amides is 1. The van der Waals surface area contributed by atoms with Crippen LogP contribution in [-0.4, -0.2) is 66.0 Å². The highest BCUT2D eigenvalue weighted by Crippen LogP contribution is 2.35. The summed E-state index contributed by atoms with van der Waals surface area (Å²) < 4.78 is 23.1. The van der Waals surface area contributed by atoms with Gasteiger partial charge in [0, 0.05) is 43.5 Å². The number of pyridine rings is 2. The summed E-state index contributed by atoms with van der Waals surface area (Å²) in [5.74, 6) is 1.13. The van der Waals surface area contributed by atoms with Crippen LogP contribution in [-0.2, 0) is 4.79 Å². The molecule has 1 fully saturated rings. The second-order valence-corrected chi connectivity index (χ2v) is 10.0. The van der Waals surface area contributed by atoms with Gasteiger partial charge >= 0.3 is 0 Å². The second-order valence-electron chi connectivity index (χ2n) is 9.62. The van der Waals surface area contributed by atoms with Gasteiger partial charge in [-0.15, -0.1) is 0 Å². The standard InChI is InChI=1S/C28H25ClFN9O2/c1-4-24(40)38-10-9-37(13-16(38)2)28-19(29)12-21-26(36-28)27(33-14-31-21)35-20-5-6-22(17(3)25(20)30)41-18-7-8-39-23(11-18)32-15-34-39/h4-8,11-12,14-16H,1,9-10,13H2,2-3H3,(H,31,33,35)/t16-/m0/s1. The Bertz CT molecular complexity index is 1810. The Hall–Kier alpha value is -4.84. The molecule has 1 aromatic carbocycles. The molecule has 5 heterocycles. The van der Waals surface area contributed by atoms with Crippen LogP contribution in [0.4, 0.5) is 21.7 Å². The second kappa shape index (κ2) is 10.6. The first kappa shape index (κ1) is 26.4. The van der Waals surface area contributed by atoms with Crippen molar-refractivity contribution in [2.45, 2.75) is 19.9 Å². The van der Waals surface area contributed by atoms with Gasteiger partial charge in [-0.1, -0.05) is 18.2 Å². The molecule has 0 radical (unpaired) electrons. The van der Waals surface area contributed by atoms with Crippen LogP contribution in [0.15, 0.2) is 61.8 Å². The summed E-state index contributed by atoms with van der Waals surface area (Å²) in [6.07, 6.45) is 5.85. The van der Waals surface area contributed by atoms with Gasteiger partial charge in [0.2, 0.25) is 5.91 Å². The minimum atomic E-state index is -0.496. The predicted octanol–water partition coefficient (Wildman–Crippen LogP) is 4.93. The fraction of sp³-hybridized carbons (Fsp3) is 0.214. The number of halogens is 2. The number of piperazine rings is 1.